The van der Waals surface area contributed by atoms with E-state index >= 15 is 0 Å². The molecule has 0 radical (unpaired) electrons. The number of aliphatic imine (C=N–C) groups is 1. The maximum atomic E-state index is 12.1. The van der Waals surface area contributed by atoms with Crippen molar-refractivity contribution in [2.45, 2.75) is 51.4 Å². The van der Waals surface area contributed by atoms with E-state index in [4.69, 9.17) is 0 Å². The first-order valence-electron chi connectivity index (χ1n) is 10.9. The van der Waals surface area contributed by atoms with Gasteiger partial charge in [0.2, 0.25) is 11.7 Å². The largest absolute Gasteiger partial charge is 0.281 e. The fourth-order valence-electron chi connectivity index (χ4n) is 3.59. The summed E-state index contributed by atoms with van der Waals surface area (Å²) in [7, 11) is 0. The Morgan fingerprint density at radius 2 is 1.88 bits per heavy atom. The Balaban J connectivity index is 1.53. The van der Waals surface area contributed by atoms with E-state index in [1.165, 1.54) is 0 Å². The number of thioether (sulfide) groups is 1. The predicted octanol–water partition coefficient (Wildman–Crippen LogP) is 4.40. The predicted molar refractivity (Wildman–Crippen MR) is 127 cm³/mol. The zero-order valence-electron chi connectivity index (χ0n) is 18.3. The second kappa shape index (κ2) is 10.5. The summed E-state index contributed by atoms with van der Waals surface area (Å²) in [4.78, 5) is 16.5. The highest BCUT2D eigenvalue weighted by Gasteiger charge is 2.28. The number of rotatable bonds is 8. The summed E-state index contributed by atoms with van der Waals surface area (Å²) in [5.41, 5.74) is 7.68. The van der Waals surface area contributed by atoms with Crippen LogP contribution in [0.1, 0.15) is 45.1 Å². The lowest BCUT2D eigenvalue weighted by Crippen LogP contribution is -2.37. The van der Waals surface area contributed by atoms with E-state index in [1.807, 2.05) is 30.1 Å². The molecule has 1 unspecified atom stereocenters. The van der Waals surface area contributed by atoms with Gasteiger partial charge in [0.25, 0.3) is 0 Å². The molecule has 2 N–H and O–H groups in total. The van der Waals surface area contributed by atoms with Crippen molar-refractivity contribution in [1.82, 2.24) is 31.1 Å². The standard InChI is InChI=1S/C23H27N7OS/c1-3-7-20(31)24-23-30(27-21(32-23)8-4-2)15-16-11-13-17(14-12-16)18-9-5-6-10-19(18)22-25-28-29-26-22/h5-6,9-14,21,27H,3-4,7-8,15H2,1-2H3,(H,25,26,28,29). The van der Waals surface area contributed by atoms with Crippen molar-refractivity contribution in [1.29, 1.82) is 0 Å². The van der Waals surface area contributed by atoms with E-state index < -0.39 is 0 Å². The molecular formula is C23H27N7OS. The third kappa shape index (κ3) is 5.23. The van der Waals surface area contributed by atoms with Gasteiger partial charge >= 0.3 is 0 Å². The maximum absolute atomic E-state index is 12.1. The van der Waals surface area contributed by atoms with Gasteiger partial charge in [0.05, 0.1) is 11.9 Å². The van der Waals surface area contributed by atoms with Gasteiger partial charge in [0.1, 0.15) is 0 Å². The second-order valence-electron chi connectivity index (χ2n) is 7.63. The van der Waals surface area contributed by atoms with E-state index in [0.717, 1.165) is 46.7 Å². The molecule has 1 amide bonds. The van der Waals surface area contributed by atoms with Gasteiger partial charge in [-0.05, 0) is 34.7 Å². The topological polar surface area (TPSA) is 99.2 Å². The molecule has 8 nitrogen and oxygen atoms in total. The van der Waals surface area contributed by atoms with Gasteiger partial charge in [0, 0.05) is 12.0 Å². The van der Waals surface area contributed by atoms with E-state index in [0.29, 0.717) is 18.8 Å². The smallest absolute Gasteiger partial charge is 0.248 e. The molecule has 0 aliphatic carbocycles. The molecule has 166 valence electrons. The van der Waals surface area contributed by atoms with Gasteiger partial charge in [-0.25, -0.2) is 5.43 Å². The quantitative estimate of drug-likeness (QED) is 0.526. The van der Waals surface area contributed by atoms with Crippen LogP contribution in [0, 0.1) is 0 Å². The van der Waals surface area contributed by atoms with Crippen molar-refractivity contribution in [2.24, 2.45) is 4.99 Å². The van der Waals surface area contributed by atoms with Crippen LogP contribution in [-0.2, 0) is 11.3 Å². The minimum absolute atomic E-state index is 0.0626. The molecule has 2 aromatic carbocycles. The molecule has 1 aliphatic heterocycles. The number of aromatic nitrogens is 4. The van der Waals surface area contributed by atoms with Crippen LogP contribution in [0.5, 0.6) is 0 Å². The highest BCUT2D eigenvalue weighted by molar-refractivity contribution is 8.14. The average Bonchev–Trinajstić information content (AvgIpc) is 3.46. The molecular weight excluding hydrogens is 422 g/mol. The number of amidine groups is 1. The molecule has 1 aliphatic rings. The Hall–Kier alpha value is -3.04. The lowest BCUT2D eigenvalue weighted by atomic mass is 9.98. The van der Waals surface area contributed by atoms with Crippen molar-refractivity contribution in [2.75, 3.05) is 0 Å². The molecule has 1 saturated heterocycles. The summed E-state index contributed by atoms with van der Waals surface area (Å²) in [6, 6.07) is 16.4. The van der Waals surface area contributed by atoms with Gasteiger partial charge in [0.15, 0.2) is 5.17 Å². The number of carbonyl (C=O) groups excluding carboxylic acids is 1. The van der Waals surface area contributed by atoms with E-state index in [1.54, 1.807) is 11.8 Å². The average molecular weight is 450 g/mol. The maximum Gasteiger partial charge on any atom is 0.248 e. The third-order valence-corrected chi connectivity index (χ3v) is 6.28. The van der Waals surface area contributed by atoms with Crippen molar-refractivity contribution >= 4 is 22.8 Å². The fraction of sp³-hybridized carbons (Fsp3) is 0.348. The summed E-state index contributed by atoms with van der Waals surface area (Å²) in [5.74, 6) is 0.509. The first-order chi connectivity index (χ1) is 15.7. The fourth-order valence-corrected chi connectivity index (χ4v) is 4.77. The number of nitrogens with one attached hydrogen (secondary N) is 2. The van der Waals surface area contributed by atoms with Crippen LogP contribution >= 0.6 is 11.8 Å². The molecule has 9 heteroatoms. The van der Waals surface area contributed by atoms with Gasteiger partial charge in [-0.2, -0.15) is 10.2 Å². The van der Waals surface area contributed by atoms with Crippen LogP contribution in [0.4, 0.5) is 0 Å². The number of nitrogens with zero attached hydrogens (tertiary/aromatic N) is 5. The third-order valence-electron chi connectivity index (χ3n) is 5.13. The van der Waals surface area contributed by atoms with Crippen LogP contribution in [-0.4, -0.2) is 42.1 Å². The van der Waals surface area contributed by atoms with Crippen molar-refractivity contribution in [3.05, 3.63) is 54.1 Å². The molecule has 1 fully saturated rings. The summed E-state index contributed by atoms with van der Waals surface area (Å²) in [5, 5.41) is 17.4. The molecule has 32 heavy (non-hydrogen) atoms. The molecule has 0 bridgehead atoms. The number of hydrogen-bond donors (Lipinski definition) is 2. The van der Waals surface area contributed by atoms with Crippen LogP contribution in [0.3, 0.4) is 0 Å². The summed E-state index contributed by atoms with van der Waals surface area (Å²) in [6.07, 6.45) is 3.38. The lowest BCUT2D eigenvalue weighted by Gasteiger charge is -2.19. The summed E-state index contributed by atoms with van der Waals surface area (Å²) >= 11 is 1.64. The van der Waals surface area contributed by atoms with E-state index in [9.17, 15) is 4.79 Å². The Kier molecular flexibility index (Phi) is 7.28. The van der Waals surface area contributed by atoms with E-state index in [2.05, 4.69) is 68.3 Å². The minimum Gasteiger partial charge on any atom is -0.281 e. The summed E-state index contributed by atoms with van der Waals surface area (Å²) in [6.45, 7) is 4.79. The highest BCUT2D eigenvalue weighted by Crippen LogP contribution is 2.31. The molecule has 1 aromatic heterocycles. The lowest BCUT2D eigenvalue weighted by molar-refractivity contribution is -0.117. The number of carbonyl (C=O) groups is 1. The Morgan fingerprint density at radius 3 is 2.56 bits per heavy atom. The molecule has 0 saturated carbocycles. The van der Waals surface area contributed by atoms with Gasteiger partial charge in [-0.15, -0.1) is 10.2 Å². The number of hydrazine groups is 1. The van der Waals surface area contributed by atoms with Gasteiger partial charge in [-0.3, -0.25) is 9.80 Å². The SMILES string of the molecule is CCCC(=O)N=C1SC(CCC)NN1Cc1ccc(-c2ccccc2-c2nn[nH]n2)cc1. The van der Waals surface area contributed by atoms with Crippen LogP contribution in [0.25, 0.3) is 22.5 Å². The van der Waals surface area contributed by atoms with Crippen molar-refractivity contribution < 1.29 is 4.79 Å². The molecule has 3 aromatic rings. The minimum atomic E-state index is -0.0626. The molecule has 4 rings (SSSR count). The second-order valence-corrected chi connectivity index (χ2v) is 8.80. The van der Waals surface area contributed by atoms with E-state index in [-0.39, 0.29) is 11.3 Å². The number of amides is 1. The van der Waals surface area contributed by atoms with Gasteiger partial charge in [-0.1, -0.05) is 80.6 Å². The highest BCUT2D eigenvalue weighted by atomic mass is 32.2. The van der Waals surface area contributed by atoms with Crippen molar-refractivity contribution in [3.63, 3.8) is 0 Å². The van der Waals surface area contributed by atoms with Crippen LogP contribution in [0.2, 0.25) is 0 Å². The Morgan fingerprint density at radius 1 is 1.09 bits per heavy atom. The molecule has 2 heterocycles. The van der Waals surface area contributed by atoms with Crippen LogP contribution < -0.4 is 5.43 Å². The number of tetrazole rings is 1. The Bertz CT molecular complexity index is 1070. The summed E-state index contributed by atoms with van der Waals surface area (Å²) < 4.78 is 0. The van der Waals surface area contributed by atoms with Crippen LogP contribution in [0.15, 0.2) is 53.5 Å². The first-order valence-corrected chi connectivity index (χ1v) is 11.8. The normalized spacial score (nSPS) is 17.2. The number of H-pyrrole nitrogens is 1. The first kappa shape index (κ1) is 22.2. The Labute approximate surface area is 191 Å². The van der Waals surface area contributed by atoms with Crippen molar-refractivity contribution in [3.8, 4) is 22.5 Å². The molecule has 1 atom stereocenters. The van der Waals surface area contributed by atoms with Gasteiger partial charge < -0.3 is 0 Å². The number of hydrogen-bond acceptors (Lipinski definition) is 6. The number of aromatic amines is 1. The monoisotopic (exact) mass is 449 g/mol. The zero-order chi connectivity index (χ0) is 22.3. The zero-order valence-corrected chi connectivity index (χ0v) is 19.1. The number of benzene rings is 2. The molecule has 0 spiro atoms.